The molecule has 0 bridgehead atoms. The van der Waals surface area contributed by atoms with E-state index in [1.54, 1.807) is 11.1 Å². The third-order valence-electron chi connectivity index (χ3n) is 9.24. The van der Waals surface area contributed by atoms with Gasteiger partial charge >= 0.3 is 11.9 Å². The SMILES string of the molecule is COC(=O)c1c(C(=O)OC)c(C(C)(C)C)c2c(c1C(C)(C)C)Cc1c(c(C(C)(C)C)c3c(c1C(C)(C)C)CCCC3)C2. The van der Waals surface area contributed by atoms with Crippen LogP contribution in [0.5, 0.6) is 0 Å². The molecule has 4 rings (SSSR count). The molecule has 0 spiro atoms. The van der Waals surface area contributed by atoms with Crippen LogP contribution in [0, 0.1) is 0 Å². The molecule has 42 heavy (non-hydrogen) atoms. The summed E-state index contributed by atoms with van der Waals surface area (Å²) in [6.45, 7) is 27.0. The smallest absolute Gasteiger partial charge is 0.339 e. The first-order chi connectivity index (χ1) is 19.2. The molecule has 230 valence electrons. The van der Waals surface area contributed by atoms with Gasteiger partial charge in [0.1, 0.15) is 0 Å². The van der Waals surface area contributed by atoms with Crippen LogP contribution in [-0.4, -0.2) is 26.2 Å². The van der Waals surface area contributed by atoms with Crippen LogP contribution in [0.2, 0.25) is 0 Å². The van der Waals surface area contributed by atoms with Crippen molar-refractivity contribution in [1.29, 1.82) is 0 Å². The molecular formula is C38H54O4. The average molecular weight is 575 g/mol. The first-order valence-electron chi connectivity index (χ1n) is 15.8. The van der Waals surface area contributed by atoms with Gasteiger partial charge in [0.25, 0.3) is 0 Å². The van der Waals surface area contributed by atoms with Gasteiger partial charge in [0.15, 0.2) is 0 Å². The van der Waals surface area contributed by atoms with E-state index in [4.69, 9.17) is 9.47 Å². The fourth-order valence-corrected chi connectivity index (χ4v) is 8.19. The molecule has 0 N–H and O–H groups in total. The van der Waals surface area contributed by atoms with Gasteiger partial charge in [0, 0.05) is 0 Å². The van der Waals surface area contributed by atoms with Crippen molar-refractivity contribution in [2.24, 2.45) is 0 Å². The summed E-state index contributed by atoms with van der Waals surface area (Å²) < 4.78 is 10.8. The Labute approximate surface area is 255 Å². The van der Waals surface area contributed by atoms with Crippen molar-refractivity contribution in [2.75, 3.05) is 14.2 Å². The highest BCUT2D eigenvalue weighted by Crippen LogP contribution is 2.51. The molecule has 0 saturated heterocycles. The number of rotatable bonds is 2. The predicted molar refractivity (Wildman–Crippen MR) is 173 cm³/mol. The fraction of sp³-hybridized carbons (Fsp3) is 0.632. The Morgan fingerprint density at radius 1 is 0.452 bits per heavy atom. The molecule has 0 fully saturated rings. The normalized spacial score (nSPS) is 15.5. The van der Waals surface area contributed by atoms with Crippen molar-refractivity contribution in [2.45, 2.75) is 143 Å². The lowest BCUT2D eigenvalue weighted by atomic mass is 9.61. The lowest BCUT2D eigenvalue weighted by Gasteiger charge is -2.43. The van der Waals surface area contributed by atoms with Gasteiger partial charge < -0.3 is 9.47 Å². The fourth-order valence-electron chi connectivity index (χ4n) is 8.19. The van der Waals surface area contributed by atoms with Gasteiger partial charge in [-0.3, -0.25) is 0 Å². The second-order valence-electron chi connectivity index (χ2n) is 16.7. The number of hydrogen-bond donors (Lipinski definition) is 0. The van der Waals surface area contributed by atoms with Crippen LogP contribution >= 0.6 is 0 Å². The summed E-state index contributed by atoms with van der Waals surface area (Å²) in [6.07, 6.45) is 6.19. The van der Waals surface area contributed by atoms with Crippen molar-refractivity contribution in [3.05, 3.63) is 66.8 Å². The first kappa shape index (κ1) is 32.3. The summed E-state index contributed by atoms with van der Waals surface area (Å²) in [5, 5.41) is 0. The van der Waals surface area contributed by atoms with Gasteiger partial charge in [0.2, 0.25) is 0 Å². The number of carbonyl (C=O) groups excluding carboxylic acids is 2. The van der Waals surface area contributed by atoms with Crippen molar-refractivity contribution >= 4 is 11.9 Å². The van der Waals surface area contributed by atoms with Gasteiger partial charge in [-0.25, -0.2) is 9.59 Å². The summed E-state index contributed by atoms with van der Waals surface area (Å²) in [5.74, 6) is -0.951. The molecule has 0 amide bonds. The zero-order valence-corrected chi connectivity index (χ0v) is 28.9. The zero-order chi connectivity index (χ0) is 31.7. The van der Waals surface area contributed by atoms with E-state index in [2.05, 4.69) is 83.1 Å². The lowest BCUT2D eigenvalue weighted by Crippen LogP contribution is -2.35. The van der Waals surface area contributed by atoms with E-state index in [0.29, 0.717) is 11.1 Å². The van der Waals surface area contributed by atoms with Crippen molar-refractivity contribution in [3.63, 3.8) is 0 Å². The minimum absolute atomic E-state index is 0.0225. The lowest BCUT2D eigenvalue weighted by molar-refractivity contribution is 0.0550. The molecule has 2 aliphatic carbocycles. The summed E-state index contributed by atoms with van der Waals surface area (Å²) >= 11 is 0. The third-order valence-corrected chi connectivity index (χ3v) is 9.24. The Kier molecular flexibility index (Phi) is 8.09. The number of methoxy groups -OCH3 is 2. The van der Waals surface area contributed by atoms with E-state index in [0.717, 1.165) is 36.8 Å². The molecule has 0 atom stereocenters. The van der Waals surface area contributed by atoms with E-state index >= 15 is 0 Å². The number of hydrogen-bond acceptors (Lipinski definition) is 4. The Bertz CT molecular complexity index is 1330. The number of benzene rings is 2. The highest BCUT2D eigenvalue weighted by atomic mass is 16.5. The van der Waals surface area contributed by atoms with E-state index in [1.807, 2.05) is 0 Å². The topological polar surface area (TPSA) is 52.6 Å². The Morgan fingerprint density at radius 2 is 0.714 bits per heavy atom. The van der Waals surface area contributed by atoms with Gasteiger partial charge in [0.05, 0.1) is 25.3 Å². The Hall–Kier alpha value is -2.62. The number of fused-ring (bicyclic) bond motifs is 3. The first-order valence-corrected chi connectivity index (χ1v) is 15.8. The zero-order valence-electron chi connectivity index (χ0n) is 28.9. The van der Waals surface area contributed by atoms with E-state index in [1.165, 1.54) is 60.4 Å². The molecule has 0 unspecified atom stereocenters. The summed E-state index contributed by atoms with van der Waals surface area (Å²) in [5.41, 5.74) is 13.1. The maximum atomic E-state index is 13.7. The van der Waals surface area contributed by atoms with E-state index in [-0.39, 0.29) is 10.8 Å². The maximum Gasteiger partial charge on any atom is 0.339 e. The van der Waals surface area contributed by atoms with Gasteiger partial charge in [-0.15, -0.1) is 0 Å². The molecule has 0 aliphatic heterocycles. The largest absolute Gasteiger partial charge is 0.465 e. The highest BCUT2D eigenvalue weighted by Gasteiger charge is 2.43. The minimum Gasteiger partial charge on any atom is -0.465 e. The molecule has 2 aliphatic rings. The minimum atomic E-state index is -0.476. The van der Waals surface area contributed by atoms with E-state index < -0.39 is 22.8 Å². The summed E-state index contributed by atoms with van der Waals surface area (Å²) in [6, 6.07) is 0. The molecule has 0 radical (unpaired) electrons. The molecular weight excluding hydrogens is 520 g/mol. The van der Waals surface area contributed by atoms with Gasteiger partial charge in [-0.2, -0.15) is 0 Å². The van der Waals surface area contributed by atoms with Crippen LogP contribution in [0.4, 0.5) is 0 Å². The van der Waals surface area contributed by atoms with E-state index in [9.17, 15) is 9.59 Å². The van der Waals surface area contributed by atoms with Crippen LogP contribution in [-0.2, 0) is 56.8 Å². The van der Waals surface area contributed by atoms with Crippen molar-refractivity contribution in [1.82, 2.24) is 0 Å². The molecule has 4 nitrogen and oxygen atoms in total. The van der Waals surface area contributed by atoms with Crippen LogP contribution in [0.1, 0.15) is 172 Å². The Balaban J connectivity index is 2.30. The predicted octanol–water partition coefficient (Wildman–Crippen LogP) is 8.82. The third kappa shape index (κ3) is 5.33. The molecule has 2 aromatic rings. The molecule has 0 aromatic heterocycles. The molecule has 4 heteroatoms. The number of esters is 2. The van der Waals surface area contributed by atoms with Crippen LogP contribution < -0.4 is 0 Å². The monoisotopic (exact) mass is 574 g/mol. The van der Waals surface area contributed by atoms with Crippen LogP contribution in [0.25, 0.3) is 0 Å². The van der Waals surface area contributed by atoms with Crippen molar-refractivity contribution < 1.29 is 19.1 Å². The quantitative estimate of drug-likeness (QED) is 0.287. The highest BCUT2D eigenvalue weighted by molar-refractivity contribution is 6.06. The molecule has 0 saturated carbocycles. The van der Waals surface area contributed by atoms with Crippen molar-refractivity contribution in [3.8, 4) is 0 Å². The van der Waals surface area contributed by atoms with Crippen LogP contribution in [0.3, 0.4) is 0 Å². The summed E-state index contributed by atoms with van der Waals surface area (Å²) in [7, 11) is 2.81. The average Bonchev–Trinajstić information content (AvgIpc) is 2.85. The number of ether oxygens (including phenoxy) is 2. The van der Waals surface area contributed by atoms with Gasteiger partial charge in [-0.1, -0.05) is 83.1 Å². The molecule has 0 heterocycles. The number of carbonyl (C=O) groups is 2. The Morgan fingerprint density at radius 3 is 0.952 bits per heavy atom. The maximum absolute atomic E-state index is 13.7. The van der Waals surface area contributed by atoms with Gasteiger partial charge in [-0.05, 0) is 116 Å². The second kappa shape index (κ2) is 10.5. The second-order valence-corrected chi connectivity index (χ2v) is 16.7. The molecule has 2 aromatic carbocycles. The summed E-state index contributed by atoms with van der Waals surface area (Å²) in [4.78, 5) is 27.4. The standard InChI is InChI=1S/C38H54O4/c1-35(2,3)29-21-17-15-16-18-22(21)30(36(4,5)6)24-20-26-25(19-23(24)29)31(37(7,8)9)27(33(39)41-13)28(34(40)42-14)32(26)38(10,11)12/h15-20H2,1-14H3. The van der Waals surface area contributed by atoms with Crippen LogP contribution in [0.15, 0.2) is 0 Å².